The second-order valence-electron chi connectivity index (χ2n) is 5.95. The van der Waals surface area contributed by atoms with Gasteiger partial charge in [-0.05, 0) is 62.1 Å². The van der Waals surface area contributed by atoms with Gasteiger partial charge >= 0.3 is 0 Å². The topological polar surface area (TPSA) is 71.3 Å². The normalized spacial score (nSPS) is 13.3. The Kier molecular flexibility index (Phi) is 5.29. The molecule has 1 heterocycles. The molecule has 0 bridgehead atoms. The number of aromatic nitrogens is 1. The summed E-state index contributed by atoms with van der Waals surface area (Å²) in [7, 11) is -1.72. The number of nitrogens with zero attached hydrogens (tertiary/aromatic N) is 1. The second kappa shape index (κ2) is 6.86. The highest BCUT2D eigenvalue weighted by molar-refractivity contribution is 7.89. The molecule has 0 spiro atoms. The molecule has 2 aromatic rings. The van der Waals surface area contributed by atoms with Gasteiger partial charge in [0.25, 0.3) is 0 Å². The van der Waals surface area contributed by atoms with Crippen LogP contribution in [-0.4, -0.2) is 24.6 Å². The maximum absolute atomic E-state index is 12.5. The summed E-state index contributed by atoms with van der Waals surface area (Å²) >= 11 is 0. The molecule has 0 aliphatic carbocycles. The van der Waals surface area contributed by atoms with E-state index < -0.39 is 16.1 Å². The highest BCUT2D eigenvalue weighted by Crippen LogP contribution is 2.20. The summed E-state index contributed by atoms with van der Waals surface area (Å²) in [5, 5.41) is 10.1. The Labute approximate surface area is 138 Å². The summed E-state index contributed by atoms with van der Waals surface area (Å²) in [6, 6.07) is 7.25. The summed E-state index contributed by atoms with van der Waals surface area (Å²) in [5.41, 5.74) is 3.51. The zero-order valence-electron chi connectivity index (χ0n) is 14.0. The number of aliphatic hydroxyl groups excluding tert-OH is 1. The summed E-state index contributed by atoms with van der Waals surface area (Å²) < 4.78 is 29.3. The van der Waals surface area contributed by atoms with Gasteiger partial charge in [-0.1, -0.05) is 6.07 Å². The Hall–Kier alpha value is -1.63. The lowest BCUT2D eigenvalue weighted by molar-refractivity contribution is 0.161. The number of benzene rings is 1. The molecule has 0 fully saturated rings. The van der Waals surface area contributed by atoms with Gasteiger partial charge < -0.3 is 9.67 Å². The lowest BCUT2D eigenvalue weighted by Crippen LogP contribution is -2.27. The predicted octanol–water partition coefficient (Wildman–Crippen LogP) is 2.35. The third kappa shape index (κ3) is 4.02. The molecule has 0 radical (unpaired) electrons. The van der Waals surface area contributed by atoms with Crippen molar-refractivity contribution < 1.29 is 13.5 Å². The fraction of sp³-hybridized carbons (Fsp3) is 0.412. The molecule has 2 N–H and O–H groups in total. The van der Waals surface area contributed by atoms with Crippen LogP contribution in [0.25, 0.3) is 0 Å². The van der Waals surface area contributed by atoms with Crippen molar-refractivity contribution in [1.29, 1.82) is 0 Å². The standard InChI is InChI=1S/C17H24N2O3S/c1-12-10-14(3)17(11-13(12)2)23(21,22)18-8-7-16(20)15-6-5-9-19(15)4/h5-6,9-11,16,18,20H,7-8H2,1-4H3/t16-/m1/s1. The maximum Gasteiger partial charge on any atom is 0.240 e. The van der Waals surface area contributed by atoms with E-state index in [9.17, 15) is 13.5 Å². The summed E-state index contributed by atoms with van der Waals surface area (Å²) in [6.07, 6.45) is 1.47. The molecule has 23 heavy (non-hydrogen) atoms. The molecule has 1 aromatic heterocycles. The van der Waals surface area contributed by atoms with Crippen LogP contribution in [0.1, 0.15) is 34.9 Å². The fourth-order valence-corrected chi connectivity index (χ4v) is 3.96. The van der Waals surface area contributed by atoms with Crippen molar-refractivity contribution in [3.8, 4) is 0 Å². The zero-order valence-corrected chi connectivity index (χ0v) is 14.8. The Morgan fingerprint density at radius 3 is 2.43 bits per heavy atom. The van der Waals surface area contributed by atoms with Crippen molar-refractivity contribution in [2.24, 2.45) is 7.05 Å². The van der Waals surface area contributed by atoms with Gasteiger partial charge in [0.2, 0.25) is 10.0 Å². The first kappa shape index (κ1) is 17.7. The predicted molar refractivity (Wildman–Crippen MR) is 90.8 cm³/mol. The van der Waals surface area contributed by atoms with Crippen LogP contribution in [0.2, 0.25) is 0 Å². The molecule has 0 amide bonds. The van der Waals surface area contributed by atoms with Gasteiger partial charge in [0.1, 0.15) is 0 Å². The highest BCUT2D eigenvalue weighted by Gasteiger charge is 2.18. The largest absolute Gasteiger partial charge is 0.387 e. The second-order valence-corrected chi connectivity index (χ2v) is 7.68. The van der Waals surface area contributed by atoms with Gasteiger partial charge in [0, 0.05) is 25.5 Å². The zero-order chi connectivity index (χ0) is 17.2. The van der Waals surface area contributed by atoms with Gasteiger partial charge in [-0.15, -0.1) is 0 Å². The van der Waals surface area contributed by atoms with E-state index in [2.05, 4.69) is 4.72 Å². The van der Waals surface area contributed by atoms with Gasteiger partial charge in [-0.25, -0.2) is 13.1 Å². The summed E-state index contributed by atoms with van der Waals surface area (Å²) in [4.78, 5) is 0.300. The Morgan fingerprint density at radius 2 is 1.83 bits per heavy atom. The third-order valence-corrected chi connectivity index (χ3v) is 5.72. The summed E-state index contributed by atoms with van der Waals surface area (Å²) in [6.45, 7) is 5.83. The van der Waals surface area contributed by atoms with Crippen molar-refractivity contribution in [3.05, 3.63) is 52.8 Å². The maximum atomic E-state index is 12.5. The van der Waals surface area contributed by atoms with Crippen LogP contribution < -0.4 is 4.72 Å². The minimum Gasteiger partial charge on any atom is -0.387 e. The molecular weight excluding hydrogens is 312 g/mol. The number of aryl methyl sites for hydroxylation is 4. The molecule has 5 nitrogen and oxygen atoms in total. The molecule has 2 rings (SSSR count). The molecule has 0 aliphatic heterocycles. The highest BCUT2D eigenvalue weighted by atomic mass is 32.2. The van der Waals surface area contributed by atoms with Crippen molar-refractivity contribution in [1.82, 2.24) is 9.29 Å². The van der Waals surface area contributed by atoms with Crippen molar-refractivity contribution in [2.45, 2.75) is 38.2 Å². The molecule has 0 saturated heterocycles. The molecule has 126 valence electrons. The number of rotatable bonds is 6. The smallest absolute Gasteiger partial charge is 0.240 e. The molecule has 0 unspecified atom stereocenters. The first-order valence-corrected chi connectivity index (χ1v) is 9.07. The van der Waals surface area contributed by atoms with Crippen LogP contribution in [0.5, 0.6) is 0 Å². The van der Waals surface area contributed by atoms with E-state index in [1.165, 1.54) is 0 Å². The third-order valence-electron chi connectivity index (χ3n) is 4.12. The van der Waals surface area contributed by atoms with E-state index >= 15 is 0 Å². The van der Waals surface area contributed by atoms with E-state index in [0.717, 1.165) is 22.4 Å². The van der Waals surface area contributed by atoms with Crippen molar-refractivity contribution in [2.75, 3.05) is 6.54 Å². The Bertz CT molecular complexity index is 794. The number of aliphatic hydroxyl groups is 1. The van der Waals surface area contributed by atoms with Gasteiger partial charge in [0.15, 0.2) is 0 Å². The van der Waals surface area contributed by atoms with Gasteiger partial charge in [-0.2, -0.15) is 0 Å². The van der Waals surface area contributed by atoms with E-state index in [-0.39, 0.29) is 6.54 Å². The fourth-order valence-electron chi connectivity index (χ4n) is 2.60. The lowest BCUT2D eigenvalue weighted by Gasteiger charge is -2.14. The SMILES string of the molecule is Cc1cc(C)c(S(=O)(=O)NCC[C@@H](O)c2cccn2C)cc1C. The molecule has 0 saturated carbocycles. The number of nitrogens with one attached hydrogen (secondary N) is 1. The molecular formula is C17H24N2O3S. The number of hydrogen-bond acceptors (Lipinski definition) is 3. The van der Waals surface area contributed by atoms with E-state index in [1.54, 1.807) is 13.0 Å². The monoisotopic (exact) mass is 336 g/mol. The van der Waals surface area contributed by atoms with E-state index in [4.69, 9.17) is 0 Å². The average Bonchev–Trinajstić information content (AvgIpc) is 2.88. The molecule has 0 aliphatic rings. The lowest BCUT2D eigenvalue weighted by atomic mass is 10.1. The van der Waals surface area contributed by atoms with Crippen molar-refractivity contribution in [3.63, 3.8) is 0 Å². The summed E-state index contributed by atoms with van der Waals surface area (Å²) in [5.74, 6) is 0. The van der Waals surface area contributed by atoms with Crippen LogP contribution in [0.4, 0.5) is 0 Å². The first-order chi connectivity index (χ1) is 10.7. The number of hydrogen-bond donors (Lipinski definition) is 2. The van der Waals surface area contributed by atoms with Crippen LogP contribution in [0.3, 0.4) is 0 Å². The number of sulfonamides is 1. The molecule has 6 heteroatoms. The Morgan fingerprint density at radius 1 is 1.17 bits per heavy atom. The van der Waals surface area contributed by atoms with Crippen molar-refractivity contribution >= 4 is 10.0 Å². The quantitative estimate of drug-likeness (QED) is 0.850. The van der Waals surface area contributed by atoms with Crippen LogP contribution in [-0.2, 0) is 17.1 Å². The van der Waals surface area contributed by atoms with Gasteiger partial charge in [-0.3, -0.25) is 0 Å². The average molecular weight is 336 g/mol. The minimum atomic E-state index is -3.57. The molecule has 1 aromatic carbocycles. The minimum absolute atomic E-state index is 0.182. The van der Waals surface area contributed by atoms with Crippen LogP contribution in [0, 0.1) is 20.8 Å². The van der Waals surface area contributed by atoms with Crippen LogP contribution in [0.15, 0.2) is 35.4 Å². The van der Waals surface area contributed by atoms with Gasteiger partial charge in [0.05, 0.1) is 11.0 Å². The van der Waals surface area contributed by atoms with Crippen LogP contribution >= 0.6 is 0 Å². The molecule has 1 atom stereocenters. The van der Waals surface area contributed by atoms with E-state index in [0.29, 0.717) is 11.3 Å². The first-order valence-electron chi connectivity index (χ1n) is 7.59. The Balaban J connectivity index is 2.05. The van der Waals surface area contributed by atoms with E-state index in [1.807, 2.05) is 49.9 Å².